The van der Waals surface area contributed by atoms with Gasteiger partial charge in [-0.2, -0.15) is 5.26 Å². The third-order valence-corrected chi connectivity index (χ3v) is 6.19. The lowest BCUT2D eigenvalue weighted by molar-refractivity contribution is 0.114. The molecule has 29 heavy (non-hydrogen) atoms. The second kappa shape index (κ2) is 8.11. The number of pyridine rings is 1. The summed E-state index contributed by atoms with van der Waals surface area (Å²) in [7, 11) is 3.18. The normalized spacial score (nSPS) is 15.8. The Morgan fingerprint density at radius 1 is 1.17 bits per heavy atom. The third-order valence-electron chi connectivity index (χ3n) is 4.98. The number of hydrogen-bond acceptors (Lipinski definition) is 7. The van der Waals surface area contributed by atoms with Crippen molar-refractivity contribution in [2.24, 2.45) is 0 Å². The molecular formula is C22H21N3O3S. The standard InChI is InChI=1S/C22H21N3O3S/c1-26-17-6-5-13(10-19(17)27-2)16-11-14(15(12-23)22(24)25-16)20-7-8-21(29-20)18-4-3-9-28-18/h5-8,10-11,18H,3-4,9H2,1-2H3,(H2,24,25). The number of nitriles is 1. The van der Waals surface area contributed by atoms with Crippen LogP contribution in [0, 0.1) is 11.3 Å². The Labute approximate surface area is 173 Å². The van der Waals surface area contributed by atoms with Gasteiger partial charge in [0.05, 0.1) is 26.0 Å². The van der Waals surface area contributed by atoms with E-state index in [-0.39, 0.29) is 11.9 Å². The van der Waals surface area contributed by atoms with Gasteiger partial charge in [0, 0.05) is 27.5 Å². The van der Waals surface area contributed by atoms with Gasteiger partial charge in [-0.15, -0.1) is 11.3 Å². The highest BCUT2D eigenvalue weighted by Crippen LogP contribution is 2.40. The lowest BCUT2D eigenvalue weighted by Crippen LogP contribution is -1.99. The minimum absolute atomic E-state index is 0.142. The van der Waals surface area contributed by atoms with Crippen molar-refractivity contribution in [2.45, 2.75) is 18.9 Å². The van der Waals surface area contributed by atoms with Crippen LogP contribution >= 0.6 is 11.3 Å². The number of rotatable bonds is 5. The largest absolute Gasteiger partial charge is 0.493 e. The van der Waals surface area contributed by atoms with Crippen LogP contribution in [0.25, 0.3) is 21.7 Å². The number of anilines is 1. The van der Waals surface area contributed by atoms with Crippen LogP contribution in [0.4, 0.5) is 5.82 Å². The number of ether oxygens (including phenoxy) is 3. The van der Waals surface area contributed by atoms with E-state index >= 15 is 0 Å². The predicted molar refractivity (Wildman–Crippen MR) is 113 cm³/mol. The second-order valence-corrected chi connectivity index (χ2v) is 7.82. The van der Waals surface area contributed by atoms with Crippen molar-refractivity contribution in [3.05, 3.63) is 46.8 Å². The van der Waals surface area contributed by atoms with Gasteiger partial charge < -0.3 is 19.9 Å². The highest BCUT2D eigenvalue weighted by Gasteiger charge is 2.21. The van der Waals surface area contributed by atoms with E-state index in [1.165, 1.54) is 4.88 Å². The van der Waals surface area contributed by atoms with E-state index in [9.17, 15) is 5.26 Å². The highest BCUT2D eigenvalue weighted by atomic mass is 32.1. The molecule has 1 aromatic carbocycles. The number of methoxy groups -OCH3 is 2. The molecule has 1 saturated heterocycles. The summed E-state index contributed by atoms with van der Waals surface area (Å²) in [4.78, 5) is 6.60. The van der Waals surface area contributed by atoms with E-state index < -0.39 is 0 Å². The molecule has 0 radical (unpaired) electrons. The molecule has 3 aromatic rings. The van der Waals surface area contributed by atoms with Crippen LogP contribution in [-0.4, -0.2) is 25.8 Å². The molecule has 1 aliphatic heterocycles. The monoisotopic (exact) mass is 407 g/mol. The van der Waals surface area contributed by atoms with Gasteiger partial charge in [0.15, 0.2) is 11.5 Å². The molecule has 1 aliphatic rings. The van der Waals surface area contributed by atoms with E-state index in [2.05, 4.69) is 17.1 Å². The predicted octanol–water partition coefficient (Wildman–Crippen LogP) is 4.80. The fourth-order valence-electron chi connectivity index (χ4n) is 3.49. The molecule has 1 fully saturated rings. The van der Waals surface area contributed by atoms with Crippen molar-refractivity contribution in [1.82, 2.24) is 4.98 Å². The molecule has 0 spiro atoms. The van der Waals surface area contributed by atoms with E-state index in [1.54, 1.807) is 25.6 Å². The first kappa shape index (κ1) is 19.2. The Morgan fingerprint density at radius 2 is 2.00 bits per heavy atom. The number of nitrogens with zero attached hydrogens (tertiary/aromatic N) is 2. The Hall–Kier alpha value is -3.08. The smallest absolute Gasteiger partial charge is 0.161 e. The van der Waals surface area contributed by atoms with E-state index in [0.29, 0.717) is 22.8 Å². The van der Waals surface area contributed by atoms with Crippen LogP contribution in [-0.2, 0) is 4.74 Å². The first-order chi connectivity index (χ1) is 14.1. The number of nitrogens with two attached hydrogens (primary N) is 1. The molecule has 4 rings (SSSR count). The maximum atomic E-state index is 9.66. The Morgan fingerprint density at radius 3 is 2.69 bits per heavy atom. The van der Waals surface area contributed by atoms with Gasteiger partial charge in [0.1, 0.15) is 17.5 Å². The van der Waals surface area contributed by atoms with Crippen LogP contribution in [0.15, 0.2) is 36.4 Å². The molecular weight excluding hydrogens is 386 g/mol. The van der Waals surface area contributed by atoms with Gasteiger partial charge in [-0.05, 0) is 49.2 Å². The van der Waals surface area contributed by atoms with Crippen molar-refractivity contribution in [2.75, 3.05) is 26.6 Å². The molecule has 0 saturated carbocycles. The van der Waals surface area contributed by atoms with Gasteiger partial charge in [-0.25, -0.2) is 4.98 Å². The van der Waals surface area contributed by atoms with Gasteiger partial charge in [-0.1, -0.05) is 0 Å². The third kappa shape index (κ3) is 3.65. The van der Waals surface area contributed by atoms with Crippen LogP contribution in [0.2, 0.25) is 0 Å². The fraction of sp³-hybridized carbons (Fsp3) is 0.273. The zero-order valence-electron chi connectivity index (χ0n) is 16.3. The summed E-state index contributed by atoms with van der Waals surface area (Å²) in [5.41, 5.74) is 8.81. The van der Waals surface area contributed by atoms with E-state index in [0.717, 1.165) is 35.5 Å². The quantitative estimate of drug-likeness (QED) is 0.653. The van der Waals surface area contributed by atoms with Crippen LogP contribution in [0.1, 0.15) is 29.4 Å². The first-order valence-corrected chi connectivity index (χ1v) is 10.1. The zero-order valence-corrected chi connectivity index (χ0v) is 17.1. The number of aromatic nitrogens is 1. The van der Waals surface area contributed by atoms with Gasteiger partial charge in [-0.3, -0.25) is 0 Å². The fourth-order valence-corrected chi connectivity index (χ4v) is 4.61. The summed E-state index contributed by atoms with van der Waals surface area (Å²) in [5, 5.41) is 9.66. The summed E-state index contributed by atoms with van der Waals surface area (Å²) in [6, 6.07) is 13.8. The van der Waals surface area contributed by atoms with Crippen molar-refractivity contribution >= 4 is 17.2 Å². The maximum Gasteiger partial charge on any atom is 0.161 e. The van der Waals surface area contributed by atoms with Crippen molar-refractivity contribution < 1.29 is 14.2 Å². The summed E-state index contributed by atoms with van der Waals surface area (Å²) in [6.45, 7) is 0.799. The average Bonchev–Trinajstić information content (AvgIpc) is 3.44. The Bertz CT molecular complexity index is 1080. The molecule has 3 heterocycles. The summed E-state index contributed by atoms with van der Waals surface area (Å²) in [5.74, 6) is 1.45. The summed E-state index contributed by atoms with van der Waals surface area (Å²) in [6.07, 6.45) is 2.25. The summed E-state index contributed by atoms with van der Waals surface area (Å²) < 4.78 is 16.5. The summed E-state index contributed by atoms with van der Waals surface area (Å²) >= 11 is 1.63. The van der Waals surface area contributed by atoms with E-state index in [4.69, 9.17) is 19.9 Å². The number of benzene rings is 1. The number of nitrogen functional groups attached to an aromatic ring is 1. The van der Waals surface area contributed by atoms with Crippen molar-refractivity contribution in [3.8, 4) is 39.3 Å². The number of thiophene rings is 1. The molecule has 1 unspecified atom stereocenters. The van der Waals surface area contributed by atoms with Crippen molar-refractivity contribution in [3.63, 3.8) is 0 Å². The Balaban J connectivity index is 1.79. The number of hydrogen-bond donors (Lipinski definition) is 1. The lowest BCUT2D eigenvalue weighted by Gasteiger charge is -2.12. The minimum atomic E-state index is 0.142. The topological polar surface area (TPSA) is 90.4 Å². The van der Waals surface area contributed by atoms with Crippen LogP contribution in [0.5, 0.6) is 11.5 Å². The maximum absolute atomic E-state index is 9.66. The molecule has 0 bridgehead atoms. The Kier molecular flexibility index (Phi) is 5.38. The molecule has 148 valence electrons. The molecule has 7 heteroatoms. The van der Waals surface area contributed by atoms with Gasteiger partial charge >= 0.3 is 0 Å². The molecule has 2 aromatic heterocycles. The molecule has 1 atom stereocenters. The second-order valence-electron chi connectivity index (χ2n) is 6.70. The molecule has 2 N–H and O–H groups in total. The molecule has 6 nitrogen and oxygen atoms in total. The van der Waals surface area contributed by atoms with Crippen molar-refractivity contribution in [1.29, 1.82) is 5.26 Å². The van der Waals surface area contributed by atoms with Gasteiger partial charge in [0.25, 0.3) is 0 Å². The van der Waals surface area contributed by atoms with Crippen LogP contribution < -0.4 is 15.2 Å². The van der Waals surface area contributed by atoms with E-state index in [1.807, 2.05) is 30.3 Å². The lowest BCUT2D eigenvalue weighted by atomic mass is 10.0. The van der Waals surface area contributed by atoms with Crippen LogP contribution in [0.3, 0.4) is 0 Å². The average molecular weight is 407 g/mol. The molecule has 0 amide bonds. The minimum Gasteiger partial charge on any atom is -0.493 e. The SMILES string of the molecule is COc1ccc(-c2cc(-c3ccc(C4CCCO4)s3)c(C#N)c(N)n2)cc1OC. The molecule has 0 aliphatic carbocycles. The highest BCUT2D eigenvalue weighted by molar-refractivity contribution is 7.15. The zero-order chi connectivity index (χ0) is 20.4. The first-order valence-electron chi connectivity index (χ1n) is 9.29. The van der Waals surface area contributed by atoms with Gasteiger partial charge in [0.2, 0.25) is 0 Å².